The monoisotopic (exact) mass is 383 g/mol. The van der Waals surface area contributed by atoms with E-state index in [0.29, 0.717) is 12.2 Å². The molecule has 0 spiro atoms. The molecule has 2 heterocycles. The van der Waals surface area contributed by atoms with E-state index in [1.165, 1.54) is 16.1 Å². The SMILES string of the molecule is Cc1cc2n(C[C@@H](O)COc3ccc(C(C)(C)C)cc3C)c(C)cc(=O)n2n1. The first kappa shape index (κ1) is 20.1. The summed E-state index contributed by atoms with van der Waals surface area (Å²) in [7, 11) is 0. The minimum Gasteiger partial charge on any atom is -0.491 e. The van der Waals surface area contributed by atoms with Gasteiger partial charge in [-0.1, -0.05) is 32.9 Å². The summed E-state index contributed by atoms with van der Waals surface area (Å²) in [5.74, 6) is 0.772. The number of nitrogens with zero attached hydrogens (tertiary/aromatic N) is 3. The van der Waals surface area contributed by atoms with Gasteiger partial charge < -0.3 is 14.4 Å². The van der Waals surface area contributed by atoms with Crippen LogP contribution in [0.1, 0.15) is 43.3 Å². The summed E-state index contributed by atoms with van der Waals surface area (Å²) < 4.78 is 9.13. The van der Waals surface area contributed by atoms with Crippen LogP contribution in [-0.2, 0) is 12.0 Å². The lowest BCUT2D eigenvalue weighted by molar-refractivity contribution is 0.0923. The molecule has 0 aliphatic heterocycles. The third-order valence-corrected chi connectivity index (χ3v) is 4.92. The van der Waals surface area contributed by atoms with Gasteiger partial charge >= 0.3 is 0 Å². The summed E-state index contributed by atoms with van der Waals surface area (Å²) in [6, 6.07) is 9.54. The van der Waals surface area contributed by atoms with Gasteiger partial charge in [-0.15, -0.1) is 0 Å². The van der Waals surface area contributed by atoms with Crippen molar-refractivity contribution in [3.8, 4) is 5.75 Å². The van der Waals surface area contributed by atoms with Crippen molar-refractivity contribution < 1.29 is 9.84 Å². The number of fused-ring (bicyclic) bond motifs is 1. The van der Waals surface area contributed by atoms with E-state index in [0.717, 1.165) is 22.7 Å². The molecule has 0 aliphatic carbocycles. The van der Waals surface area contributed by atoms with Crippen LogP contribution in [0, 0.1) is 20.8 Å². The molecule has 0 saturated carbocycles. The first-order chi connectivity index (χ1) is 13.1. The van der Waals surface area contributed by atoms with E-state index in [1.807, 2.05) is 37.5 Å². The number of ether oxygens (including phenoxy) is 1. The molecule has 28 heavy (non-hydrogen) atoms. The number of rotatable bonds is 5. The van der Waals surface area contributed by atoms with Crippen LogP contribution < -0.4 is 10.3 Å². The van der Waals surface area contributed by atoms with Crippen molar-refractivity contribution in [1.82, 2.24) is 14.2 Å². The molecule has 0 bridgehead atoms. The number of benzene rings is 1. The van der Waals surface area contributed by atoms with E-state index in [9.17, 15) is 9.90 Å². The molecule has 6 heteroatoms. The van der Waals surface area contributed by atoms with Crippen molar-refractivity contribution in [3.05, 3.63) is 63.2 Å². The standard InChI is InChI=1S/C22H29N3O3/c1-14-9-17(22(4,5)6)7-8-19(14)28-13-18(26)12-24-16(3)11-21(27)25-20(24)10-15(2)23-25/h7-11,18,26H,12-13H2,1-6H3/t18-/m1/s1. The molecule has 3 aromatic rings. The predicted octanol–water partition coefficient (Wildman–Crippen LogP) is 3.16. The maximum absolute atomic E-state index is 12.1. The lowest BCUT2D eigenvalue weighted by Crippen LogP contribution is -2.28. The van der Waals surface area contributed by atoms with Gasteiger partial charge in [0, 0.05) is 17.8 Å². The second-order valence-corrected chi connectivity index (χ2v) is 8.49. The van der Waals surface area contributed by atoms with Gasteiger partial charge in [0.15, 0.2) is 0 Å². The second-order valence-electron chi connectivity index (χ2n) is 8.49. The van der Waals surface area contributed by atoms with Crippen molar-refractivity contribution in [1.29, 1.82) is 0 Å². The second kappa shape index (κ2) is 7.43. The highest BCUT2D eigenvalue weighted by Crippen LogP contribution is 2.27. The first-order valence-corrected chi connectivity index (χ1v) is 9.55. The zero-order valence-corrected chi connectivity index (χ0v) is 17.5. The van der Waals surface area contributed by atoms with Gasteiger partial charge in [-0.2, -0.15) is 9.61 Å². The van der Waals surface area contributed by atoms with Crippen molar-refractivity contribution in [2.75, 3.05) is 6.61 Å². The highest BCUT2D eigenvalue weighted by atomic mass is 16.5. The molecule has 0 unspecified atom stereocenters. The molecular weight excluding hydrogens is 354 g/mol. The Kier molecular flexibility index (Phi) is 5.35. The van der Waals surface area contributed by atoms with Crippen LogP contribution in [0.5, 0.6) is 5.75 Å². The molecule has 150 valence electrons. The van der Waals surface area contributed by atoms with Crippen LogP contribution in [0.25, 0.3) is 5.65 Å². The molecule has 3 rings (SSSR count). The molecule has 1 atom stereocenters. The Morgan fingerprint density at radius 1 is 1.14 bits per heavy atom. The van der Waals surface area contributed by atoms with Crippen LogP contribution >= 0.6 is 0 Å². The average Bonchev–Trinajstić information content (AvgIpc) is 2.99. The third kappa shape index (κ3) is 4.12. The van der Waals surface area contributed by atoms with E-state index in [1.54, 1.807) is 0 Å². The maximum Gasteiger partial charge on any atom is 0.274 e. The van der Waals surface area contributed by atoms with Crippen LogP contribution in [0.2, 0.25) is 0 Å². The summed E-state index contributed by atoms with van der Waals surface area (Å²) in [5, 5.41) is 14.8. The minimum absolute atomic E-state index is 0.0828. The van der Waals surface area contributed by atoms with Gasteiger partial charge in [0.05, 0.1) is 12.2 Å². The molecule has 1 N–H and O–H groups in total. The zero-order valence-electron chi connectivity index (χ0n) is 17.5. The number of hydrogen-bond acceptors (Lipinski definition) is 4. The fourth-order valence-electron chi connectivity index (χ4n) is 3.30. The van der Waals surface area contributed by atoms with E-state index >= 15 is 0 Å². The van der Waals surface area contributed by atoms with Gasteiger partial charge in [-0.05, 0) is 43.4 Å². The van der Waals surface area contributed by atoms with Crippen LogP contribution in [0.15, 0.2) is 35.1 Å². The molecule has 0 aliphatic rings. The Hall–Kier alpha value is -2.60. The van der Waals surface area contributed by atoms with Crippen molar-refractivity contribution in [3.63, 3.8) is 0 Å². The van der Waals surface area contributed by atoms with Crippen molar-refractivity contribution in [2.24, 2.45) is 0 Å². The summed E-state index contributed by atoms with van der Waals surface area (Å²) in [6.07, 6.45) is -0.720. The van der Waals surface area contributed by atoms with Gasteiger partial charge in [0.1, 0.15) is 24.1 Å². The molecule has 6 nitrogen and oxygen atoms in total. The molecule has 0 fully saturated rings. The topological polar surface area (TPSA) is 68.8 Å². The fraction of sp³-hybridized carbons (Fsp3) is 0.455. The number of aliphatic hydroxyl groups excluding tert-OH is 1. The normalized spacial score (nSPS) is 13.1. The Bertz CT molecular complexity index is 1060. The highest BCUT2D eigenvalue weighted by Gasteiger charge is 2.16. The predicted molar refractivity (Wildman–Crippen MR) is 110 cm³/mol. The zero-order chi connectivity index (χ0) is 20.6. The average molecular weight is 383 g/mol. The smallest absolute Gasteiger partial charge is 0.274 e. The number of aliphatic hydroxyl groups is 1. The minimum atomic E-state index is -0.720. The van der Waals surface area contributed by atoms with E-state index < -0.39 is 6.10 Å². The van der Waals surface area contributed by atoms with Crippen molar-refractivity contribution in [2.45, 2.75) is 59.6 Å². The lowest BCUT2D eigenvalue weighted by atomic mass is 9.86. The number of aryl methyl sites for hydroxylation is 3. The van der Waals surface area contributed by atoms with Gasteiger partial charge in [-0.25, -0.2) is 0 Å². The van der Waals surface area contributed by atoms with Crippen LogP contribution in [-0.4, -0.2) is 32.0 Å². The van der Waals surface area contributed by atoms with E-state index in [-0.39, 0.29) is 17.6 Å². The molecule has 0 amide bonds. The van der Waals surface area contributed by atoms with E-state index in [2.05, 4.69) is 38.0 Å². The molecule has 0 saturated heterocycles. The Labute approximate surface area is 165 Å². The Morgan fingerprint density at radius 2 is 1.86 bits per heavy atom. The highest BCUT2D eigenvalue weighted by molar-refractivity contribution is 5.42. The fourth-order valence-corrected chi connectivity index (χ4v) is 3.30. The maximum atomic E-state index is 12.1. The summed E-state index contributed by atoms with van der Waals surface area (Å²) in [5.41, 5.74) is 4.43. The van der Waals surface area contributed by atoms with Gasteiger partial charge in [-0.3, -0.25) is 4.79 Å². The van der Waals surface area contributed by atoms with Crippen molar-refractivity contribution >= 4 is 5.65 Å². The first-order valence-electron chi connectivity index (χ1n) is 9.55. The van der Waals surface area contributed by atoms with Gasteiger partial charge in [0.2, 0.25) is 0 Å². The molecule has 1 aromatic carbocycles. The Morgan fingerprint density at radius 3 is 2.50 bits per heavy atom. The quantitative estimate of drug-likeness (QED) is 0.735. The summed E-state index contributed by atoms with van der Waals surface area (Å²) >= 11 is 0. The molecule has 2 aromatic heterocycles. The lowest BCUT2D eigenvalue weighted by Gasteiger charge is -2.21. The van der Waals surface area contributed by atoms with Gasteiger partial charge in [0.25, 0.3) is 5.56 Å². The largest absolute Gasteiger partial charge is 0.491 e. The third-order valence-electron chi connectivity index (χ3n) is 4.92. The summed E-state index contributed by atoms with van der Waals surface area (Å²) in [6.45, 7) is 12.7. The number of hydrogen-bond donors (Lipinski definition) is 1. The van der Waals surface area contributed by atoms with Crippen LogP contribution in [0.4, 0.5) is 0 Å². The van der Waals surface area contributed by atoms with Crippen LogP contribution in [0.3, 0.4) is 0 Å². The van der Waals surface area contributed by atoms with E-state index in [4.69, 9.17) is 4.74 Å². The molecular formula is C22H29N3O3. The summed E-state index contributed by atoms with van der Waals surface area (Å²) in [4.78, 5) is 12.1. The number of aromatic nitrogens is 3. The Balaban J connectivity index is 1.74. The molecule has 0 radical (unpaired) electrons.